The van der Waals surface area contributed by atoms with Crippen LogP contribution in [0.1, 0.15) is 18.4 Å². The molecule has 19 heavy (non-hydrogen) atoms. The molecule has 0 spiro atoms. The Balaban J connectivity index is 1.79. The molecule has 104 valence electrons. The van der Waals surface area contributed by atoms with Crippen LogP contribution in [0.15, 0.2) is 30.3 Å². The molecule has 0 bridgehead atoms. The Kier molecular flexibility index (Phi) is 4.93. The molecular formula is C15H22N2O2. The smallest absolute Gasteiger partial charge is 0.317 e. The van der Waals surface area contributed by atoms with E-state index in [9.17, 15) is 4.79 Å². The van der Waals surface area contributed by atoms with Gasteiger partial charge in [0, 0.05) is 25.7 Å². The van der Waals surface area contributed by atoms with E-state index < -0.39 is 5.97 Å². The molecule has 0 amide bonds. The van der Waals surface area contributed by atoms with Crippen molar-refractivity contribution in [2.75, 3.05) is 26.7 Å². The van der Waals surface area contributed by atoms with Crippen LogP contribution in [0, 0.1) is 0 Å². The molecule has 0 aromatic heterocycles. The predicted molar refractivity (Wildman–Crippen MR) is 75.0 cm³/mol. The number of benzene rings is 1. The number of piperidine rings is 1. The molecule has 1 aliphatic rings. The Morgan fingerprint density at radius 3 is 2.53 bits per heavy atom. The van der Waals surface area contributed by atoms with Crippen LogP contribution in [0.3, 0.4) is 0 Å². The van der Waals surface area contributed by atoms with Gasteiger partial charge in [-0.2, -0.15) is 0 Å². The van der Waals surface area contributed by atoms with Gasteiger partial charge in [-0.05, 0) is 25.5 Å². The zero-order valence-corrected chi connectivity index (χ0v) is 11.5. The summed E-state index contributed by atoms with van der Waals surface area (Å²) >= 11 is 0. The van der Waals surface area contributed by atoms with Crippen molar-refractivity contribution >= 4 is 5.97 Å². The SMILES string of the molecule is CN(Cc1ccccc1)C1CCN(CC(=O)O)CC1. The summed E-state index contributed by atoms with van der Waals surface area (Å²) in [7, 11) is 2.16. The van der Waals surface area contributed by atoms with Crippen LogP contribution >= 0.6 is 0 Å². The highest BCUT2D eigenvalue weighted by atomic mass is 16.4. The first-order valence-electron chi connectivity index (χ1n) is 6.83. The van der Waals surface area contributed by atoms with E-state index in [1.807, 2.05) is 11.0 Å². The van der Waals surface area contributed by atoms with Crippen molar-refractivity contribution in [2.45, 2.75) is 25.4 Å². The quantitative estimate of drug-likeness (QED) is 0.876. The fourth-order valence-electron chi connectivity index (χ4n) is 2.71. The second-order valence-electron chi connectivity index (χ2n) is 5.30. The molecule has 1 heterocycles. The summed E-state index contributed by atoms with van der Waals surface area (Å²) in [5.74, 6) is -0.726. The van der Waals surface area contributed by atoms with Gasteiger partial charge in [-0.25, -0.2) is 0 Å². The number of hydrogen-bond donors (Lipinski definition) is 1. The van der Waals surface area contributed by atoms with Gasteiger partial charge in [0.05, 0.1) is 6.54 Å². The minimum absolute atomic E-state index is 0.176. The number of rotatable bonds is 5. The third-order valence-electron chi connectivity index (χ3n) is 3.81. The summed E-state index contributed by atoms with van der Waals surface area (Å²) in [6.07, 6.45) is 2.10. The van der Waals surface area contributed by atoms with Crippen molar-refractivity contribution < 1.29 is 9.90 Å². The topological polar surface area (TPSA) is 43.8 Å². The van der Waals surface area contributed by atoms with Crippen LogP contribution < -0.4 is 0 Å². The number of likely N-dealkylation sites (tertiary alicyclic amines) is 1. The minimum atomic E-state index is -0.726. The molecule has 0 aliphatic carbocycles. The van der Waals surface area contributed by atoms with E-state index >= 15 is 0 Å². The van der Waals surface area contributed by atoms with Crippen LogP contribution in [-0.4, -0.2) is 53.6 Å². The second kappa shape index (κ2) is 6.68. The van der Waals surface area contributed by atoms with Crippen molar-refractivity contribution in [2.24, 2.45) is 0 Å². The Morgan fingerprint density at radius 1 is 1.32 bits per heavy atom. The first-order valence-corrected chi connectivity index (χ1v) is 6.83. The average Bonchev–Trinajstić information content (AvgIpc) is 2.40. The highest BCUT2D eigenvalue weighted by Gasteiger charge is 2.23. The van der Waals surface area contributed by atoms with Crippen LogP contribution in [-0.2, 0) is 11.3 Å². The molecule has 0 saturated carbocycles. The predicted octanol–water partition coefficient (Wildman–Crippen LogP) is 1.67. The molecule has 0 atom stereocenters. The fraction of sp³-hybridized carbons (Fsp3) is 0.533. The van der Waals surface area contributed by atoms with E-state index in [2.05, 4.69) is 36.2 Å². The summed E-state index contributed by atoms with van der Waals surface area (Å²) in [4.78, 5) is 15.1. The van der Waals surface area contributed by atoms with E-state index in [-0.39, 0.29) is 6.54 Å². The van der Waals surface area contributed by atoms with Crippen molar-refractivity contribution in [3.8, 4) is 0 Å². The zero-order valence-electron chi connectivity index (χ0n) is 11.5. The summed E-state index contributed by atoms with van der Waals surface area (Å²) in [5.41, 5.74) is 1.33. The van der Waals surface area contributed by atoms with Crippen LogP contribution in [0.25, 0.3) is 0 Å². The van der Waals surface area contributed by atoms with Gasteiger partial charge < -0.3 is 5.11 Å². The molecule has 1 fully saturated rings. The first kappa shape index (κ1) is 14.0. The highest BCUT2D eigenvalue weighted by Crippen LogP contribution is 2.17. The van der Waals surface area contributed by atoms with E-state index in [1.54, 1.807) is 0 Å². The molecule has 4 nitrogen and oxygen atoms in total. The summed E-state index contributed by atoms with van der Waals surface area (Å²) in [5, 5.41) is 8.78. The molecule has 1 saturated heterocycles. The summed E-state index contributed by atoms with van der Waals surface area (Å²) < 4.78 is 0. The number of carboxylic acids is 1. The highest BCUT2D eigenvalue weighted by molar-refractivity contribution is 5.69. The van der Waals surface area contributed by atoms with Crippen LogP contribution in [0.4, 0.5) is 0 Å². The van der Waals surface area contributed by atoms with E-state index in [1.165, 1.54) is 5.56 Å². The molecule has 0 radical (unpaired) electrons. The summed E-state index contributed by atoms with van der Waals surface area (Å²) in [6, 6.07) is 11.0. The van der Waals surface area contributed by atoms with Crippen LogP contribution in [0.2, 0.25) is 0 Å². The molecule has 1 N–H and O–H groups in total. The number of hydrogen-bond acceptors (Lipinski definition) is 3. The van der Waals surface area contributed by atoms with E-state index in [4.69, 9.17) is 5.11 Å². The number of nitrogens with zero attached hydrogens (tertiary/aromatic N) is 2. The monoisotopic (exact) mass is 262 g/mol. The van der Waals surface area contributed by atoms with Crippen molar-refractivity contribution in [3.63, 3.8) is 0 Å². The lowest BCUT2D eigenvalue weighted by Crippen LogP contribution is -2.44. The molecule has 1 aromatic carbocycles. The van der Waals surface area contributed by atoms with Gasteiger partial charge >= 0.3 is 5.97 Å². The largest absolute Gasteiger partial charge is 0.480 e. The zero-order chi connectivity index (χ0) is 13.7. The van der Waals surface area contributed by atoms with Gasteiger partial charge in [-0.3, -0.25) is 14.6 Å². The molecule has 2 rings (SSSR count). The van der Waals surface area contributed by atoms with Crippen molar-refractivity contribution in [3.05, 3.63) is 35.9 Å². The maximum absolute atomic E-state index is 10.7. The lowest BCUT2D eigenvalue weighted by atomic mass is 10.0. The normalized spacial score (nSPS) is 17.8. The molecule has 0 unspecified atom stereocenters. The third-order valence-corrected chi connectivity index (χ3v) is 3.81. The van der Waals surface area contributed by atoms with Crippen molar-refractivity contribution in [1.82, 2.24) is 9.80 Å². The Hall–Kier alpha value is -1.39. The van der Waals surface area contributed by atoms with E-state index in [0.717, 1.165) is 32.5 Å². The molecular weight excluding hydrogens is 240 g/mol. The standard InChI is InChI=1S/C15H22N2O2/c1-16(11-13-5-3-2-4-6-13)14-7-9-17(10-8-14)12-15(18)19/h2-6,14H,7-12H2,1H3,(H,18,19). The number of carbonyl (C=O) groups is 1. The average molecular weight is 262 g/mol. The molecule has 4 heteroatoms. The lowest BCUT2D eigenvalue weighted by Gasteiger charge is -2.36. The molecule has 1 aromatic rings. The fourth-order valence-corrected chi connectivity index (χ4v) is 2.71. The van der Waals surface area contributed by atoms with Crippen molar-refractivity contribution in [1.29, 1.82) is 0 Å². The maximum Gasteiger partial charge on any atom is 0.317 e. The van der Waals surface area contributed by atoms with Crippen LogP contribution in [0.5, 0.6) is 0 Å². The Labute approximate surface area is 114 Å². The Morgan fingerprint density at radius 2 is 1.95 bits per heavy atom. The minimum Gasteiger partial charge on any atom is -0.480 e. The third kappa shape index (κ3) is 4.33. The van der Waals surface area contributed by atoms with Gasteiger partial charge in [0.1, 0.15) is 0 Å². The van der Waals surface area contributed by atoms with Gasteiger partial charge in [0.2, 0.25) is 0 Å². The van der Waals surface area contributed by atoms with Gasteiger partial charge in [0.15, 0.2) is 0 Å². The maximum atomic E-state index is 10.7. The summed E-state index contributed by atoms with van der Waals surface area (Å²) in [6.45, 7) is 2.91. The number of carboxylic acid groups (broad SMARTS) is 1. The second-order valence-corrected chi connectivity index (χ2v) is 5.30. The molecule has 1 aliphatic heterocycles. The van der Waals surface area contributed by atoms with Gasteiger partial charge in [-0.1, -0.05) is 30.3 Å². The Bertz CT molecular complexity index is 400. The van der Waals surface area contributed by atoms with E-state index in [0.29, 0.717) is 6.04 Å². The van der Waals surface area contributed by atoms with Gasteiger partial charge in [0.25, 0.3) is 0 Å². The van der Waals surface area contributed by atoms with Gasteiger partial charge in [-0.15, -0.1) is 0 Å². The lowest BCUT2D eigenvalue weighted by molar-refractivity contribution is -0.138. The number of aliphatic carboxylic acids is 1. The first-order chi connectivity index (χ1) is 9.15.